The van der Waals surface area contributed by atoms with E-state index in [1.165, 1.54) is 6.39 Å². The van der Waals surface area contributed by atoms with Crippen molar-refractivity contribution >= 4 is 5.69 Å². The zero-order valence-corrected chi connectivity index (χ0v) is 11.9. The molecule has 0 aliphatic heterocycles. The van der Waals surface area contributed by atoms with Crippen LogP contribution in [0.25, 0.3) is 11.5 Å². The maximum atomic E-state index is 5.21. The summed E-state index contributed by atoms with van der Waals surface area (Å²) in [7, 11) is 0. The molecule has 0 bridgehead atoms. The first kappa shape index (κ1) is 13.3. The number of anilines is 1. The molecule has 0 radical (unpaired) electrons. The Morgan fingerprint density at radius 2 is 2.10 bits per heavy atom. The lowest BCUT2D eigenvalue weighted by Crippen LogP contribution is -2.09. The lowest BCUT2D eigenvalue weighted by atomic mass is 10.1. The lowest BCUT2D eigenvalue weighted by Gasteiger charge is -2.16. The van der Waals surface area contributed by atoms with Crippen LogP contribution in [-0.2, 0) is 0 Å². The Kier molecular flexibility index (Phi) is 3.64. The molecule has 2 aromatic heterocycles. The molecule has 1 unspecified atom stereocenters. The van der Waals surface area contributed by atoms with Crippen LogP contribution < -0.4 is 5.32 Å². The van der Waals surface area contributed by atoms with Gasteiger partial charge >= 0.3 is 0 Å². The van der Waals surface area contributed by atoms with E-state index in [9.17, 15) is 0 Å². The molecule has 5 heteroatoms. The van der Waals surface area contributed by atoms with Crippen molar-refractivity contribution in [3.05, 3.63) is 60.2 Å². The molecule has 0 fully saturated rings. The Balaban J connectivity index is 1.80. The van der Waals surface area contributed by atoms with E-state index in [2.05, 4.69) is 27.4 Å². The summed E-state index contributed by atoms with van der Waals surface area (Å²) in [5.74, 6) is 0.530. The third-order valence-electron chi connectivity index (χ3n) is 3.34. The summed E-state index contributed by atoms with van der Waals surface area (Å²) in [5.41, 5.74) is 4.11. The van der Waals surface area contributed by atoms with Gasteiger partial charge in [0.2, 0.25) is 12.3 Å². The van der Waals surface area contributed by atoms with Crippen LogP contribution in [0.5, 0.6) is 0 Å². The van der Waals surface area contributed by atoms with E-state index in [1.54, 1.807) is 6.20 Å². The van der Waals surface area contributed by atoms with Crippen LogP contribution in [0, 0.1) is 6.92 Å². The highest BCUT2D eigenvalue weighted by molar-refractivity contribution is 5.62. The summed E-state index contributed by atoms with van der Waals surface area (Å²) in [4.78, 5) is 4.37. The van der Waals surface area contributed by atoms with Crippen molar-refractivity contribution in [3.8, 4) is 11.5 Å². The van der Waals surface area contributed by atoms with Gasteiger partial charge in [-0.15, -0.1) is 10.2 Å². The van der Waals surface area contributed by atoms with Gasteiger partial charge in [-0.2, -0.15) is 0 Å². The van der Waals surface area contributed by atoms with Gasteiger partial charge in [-0.05, 0) is 49.7 Å². The number of hydrogen-bond acceptors (Lipinski definition) is 5. The monoisotopic (exact) mass is 280 g/mol. The van der Waals surface area contributed by atoms with E-state index >= 15 is 0 Å². The number of aryl methyl sites for hydroxylation is 1. The van der Waals surface area contributed by atoms with E-state index in [-0.39, 0.29) is 6.04 Å². The third kappa shape index (κ3) is 2.91. The first-order valence-corrected chi connectivity index (χ1v) is 6.78. The minimum Gasteiger partial charge on any atom is -0.423 e. The fourth-order valence-corrected chi connectivity index (χ4v) is 2.20. The lowest BCUT2D eigenvalue weighted by molar-refractivity contribution is 0.568. The van der Waals surface area contributed by atoms with Crippen molar-refractivity contribution in [1.82, 2.24) is 15.2 Å². The summed E-state index contributed by atoms with van der Waals surface area (Å²) in [6, 6.07) is 12.1. The average molecular weight is 280 g/mol. The molecule has 2 heterocycles. The van der Waals surface area contributed by atoms with Gasteiger partial charge in [-0.1, -0.05) is 6.07 Å². The van der Waals surface area contributed by atoms with Gasteiger partial charge in [-0.25, -0.2) is 0 Å². The zero-order chi connectivity index (χ0) is 14.7. The fourth-order valence-electron chi connectivity index (χ4n) is 2.20. The van der Waals surface area contributed by atoms with Gasteiger partial charge in [-0.3, -0.25) is 4.98 Å². The van der Waals surface area contributed by atoms with Crippen LogP contribution in [0.15, 0.2) is 53.4 Å². The molecule has 106 valence electrons. The first-order chi connectivity index (χ1) is 10.2. The van der Waals surface area contributed by atoms with E-state index in [0.717, 1.165) is 22.5 Å². The largest absolute Gasteiger partial charge is 0.423 e. The summed E-state index contributed by atoms with van der Waals surface area (Å²) < 4.78 is 5.21. The molecule has 1 N–H and O–H groups in total. The van der Waals surface area contributed by atoms with Gasteiger partial charge in [0.05, 0.1) is 11.7 Å². The van der Waals surface area contributed by atoms with E-state index in [1.807, 2.05) is 43.3 Å². The third-order valence-corrected chi connectivity index (χ3v) is 3.34. The van der Waals surface area contributed by atoms with Crippen LogP contribution in [0.4, 0.5) is 5.69 Å². The topological polar surface area (TPSA) is 63.8 Å². The van der Waals surface area contributed by atoms with Crippen molar-refractivity contribution in [2.45, 2.75) is 19.9 Å². The summed E-state index contributed by atoms with van der Waals surface area (Å²) in [6.07, 6.45) is 3.14. The Morgan fingerprint density at radius 3 is 2.76 bits per heavy atom. The summed E-state index contributed by atoms with van der Waals surface area (Å²) in [5, 5.41) is 11.1. The predicted molar refractivity (Wildman–Crippen MR) is 80.7 cm³/mol. The molecule has 1 atom stereocenters. The Hall–Kier alpha value is -2.69. The Labute approximate surface area is 123 Å². The molecule has 0 saturated carbocycles. The van der Waals surface area contributed by atoms with Crippen molar-refractivity contribution in [2.24, 2.45) is 0 Å². The zero-order valence-electron chi connectivity index (χ0n) is 11.9. The van der Waals surface area contributed by atoms with Gasteiger partial charge in [0.25, 0.3) is 0 Å². The molecule has 3 aromatic rings. The first-order valence-electron chi connectivity index (χ1n) is 6.78. The van der Waals surface area contributed by atoms with Gasteiger partial charge in [0, 0.05) is 17.4 Å². The van der Waals surface area contributed by atoms with Crippen LogP contribution in [-0.4, -0.2) is 15.2 Å². The second kappa shape index (κ2) is 5.75. The predicted octanol–water partition coefficient (Wildman–Crippen LogP) is 3.61. The second-order valence-corrected chi connectivity index (χ2v) is 4.89. The molecular weight excluding hydrogens is 264 g/mol. The van der Waals surface area contributed by atoms with Crippen LogP contribution in [0.1, 0.15) is 24.2 Å². The van der Waals surface area contributed by atoms with Crippen LogP contribution in [0.2, 0.25) is 0 Å². The molecule has 0 aliphatic carbocycles. The van der Waals surface area contributed by atoms with Crippen molar-refractivity contribution in [1.29, 1.82) is 0 Å². The number of benzene rings is 1. The molecular formula is C16H16N4O. The summed E-state index contributed by atoms with van der Waals surface area (Å²) >= 11 is 0. The van der Waals surface area contributed by atoms with E-state index in [4.69, 9.17) is 4.42 Å². The number of aromatic nitrogens is 3. The number of pyridine rings is 1. The molecule has 0 saturated heterocycles. The van der Waals surface area contributed by atoms with Crippen molar-refractivity contribution in [2.75, 3.05) is 5.32 Å². The standard InChI is InChI=1S/C16H16N4O/c1-11-9-13(16-20-18-10-21-16)6-7-14(11)19-12(2)15-5-3-4-8-17-15/h3-10,12,19H,1-2H3. The molecule has 5 nitrogen and oxygen atoms in total. The molecule has 3 rings (SSSR count). The number of nitrogens with one attached hydrogen (secondary N) is 1. The second-order valence-electron chi connectivity index (χ2n) is 4.89. The van der Waals surface area contributed by atoms with Crippen LogP contribution in [0.3, 0.4) is 0 Å². The quantitative estimate of drug-likeness (QED) is 0.790. The molecule has 0 aliphatic rings. The highest BCUT2D eigenvalue weighted by Gasteiger charge is 2.10. The summed E-state index contributed by atoms with van der Waals surface area (Å²) in [6.45, 7) is 4.14. The van der Waals surface area contributed by atoms with Gasteiger partial charge < -0.3 is 9.73 Å². The number of hydrogen-bond donors (Lipinski definition) is 1. The SMILES string of the molecule is Cc1cc(-c2nnco2)ccc1NC(C)c1ccccn1. The number of rotatable bonds is 4. The average Bonchev–Trinajstić information content (AvgIpc) is 3.04. The maximum Gasteiger partial charge on any atom is 0.247 e. The van der Waals surface area contributed by atoms with E-state index < -0.39 is 0 Å². The minimum absolute atomic E-state index is 0.138. The van der Waals surface area contributed by atoms with Gasteiger partial charge in [0.1, 0.15) is 0 Å². The van der Waals surface area contributed by atoms with Crippen LogP contribution >= 0.6 is 0 Å². The Morgan fingerprint density at radius 1 is 1.19 bits per heavy atom. The maximum absolute atomic E-state index is 5.21. The highest BCUT2D eigenvalue weighted by Crippen LogP contribution is 2.25. The molecule has 0 spiro atoms. The minimum atomic E-state index is 0.138. The normalized spacial score (nSPS) is 12.1. The number of nitrogens with zero attached hydrogens (tertiary/aromatic N) is 3. The molecule has 21 heavy (non-hydrogen) atoms. The van der Waals surface area contributed by atoms with Crippen molar-refractivity contribution in [3.63, 3.8) is 0 Å². The molecule has 1 aromatic carbocycles. The smallest absolute Gasteiger partial charge is 0.247 e. The fraction of sp³-hybridized carbons (Fsp3) is 0.188. The molecule has 0 amide bonds. The van der Waals surface area contributed by atoms with E-state index in [0.29, 0.717) is 5.89 Å². The Bertz CT molecular complexity index is 710. The van der Waals surface area contributed by atoms with Gasteiger partial charge in [0.15, 0.2) is 0 Å². The van der Waals surface area contributed by atoms with Crippen molar-refractivity contribution < 1.29 is 4.42 Å². The highest BCUT2D eigenvalue weighted by atomic mass is 16.4.